The fourth-order valence-corrected chi connectivity index (χ4v) is 1.61. The van der Waals surface area contributed by atoms with E-state index in [4.69, 9.17) is 5.26 Å². The van der Waals surface area contributed by atoms with Gasteiger partial charge >= 0.3 is 0 Å². The summed E-state index contributed by atoms with van der Waals surface area (Å²) in [6, 6.07) is 4.22. The predicted octanol–water partition coefficient (Wildman–Crippen LogP) is 2.35. The number of nitro groups is 1. The van der Waals surface area contributed by atoms with E-state index >= 15 is 0 Å². The van der Waals surface area contributed by atoms with Crippen molar-refractivity contribution in [2.24, 2.45) is 0 Å². The molecule has 0 N–H and O–H groups in total. The number of nitro benzene ring substituents is 1. The lowest BCUT2D eigenvalue weighted by Gasteiger charge is -2.03. The number of nitrogens with zero attached hydrogens (tertiary/aromatic N) is 2. The normalized spacial score (nSPS) is 9.56. The molecule has 82 valence electrons. The number of nitriles is 1. The van der Waals surface area contributed by atoms with E-state index in [1.54, 1.807) is 13.0 Å². The fourth-order valence-electron chi connectivity index (χ4n) is 1.31. The van der Waals surface area contributed by atoms with E-state index in [0.717, 1.165) is 0 Å². The average Bonchev–Trinajstić information content (AvgIpc) is 2.27. The molecule has 0 unspecified atom stereocenters. The number of rotatable bonds is 3. The van der Waals surface area contributed by atoms with Crippen LogP contribution in [0.4, 0.5) is 5.69 Å². The molecule has 0 fully saturated rings. The molecule has 0 aliphatic rings. The third-order valence-electron chi connectivity index (χ3n) is 2.08. The number of aryl methyl sites for hydroxylation is 1. The fraction of sp³-hybridized carbons (Fsp3) is 0.200. The zero-order valence-corrected chi connectivity index (χ0v) is 9.94. The standard InChI is InChI=1S/C10H7BrN2O3/c1-6-2-9(13(15)16)7(5-12)3-8(6)10(14)4-11/h2-3H,4H2,1H3. The number of hydrogen-bond acceptors (Lipinski definition) is 4. The van der Waals surface area contributed by atoms with Crippen LogP contribution >= 0.6 is 15.9 Å². The van der Waals surface area contributed by atoms with Gasteiger partial charge in [0, 0.05) is 11.6 Å². The Morgan fingerprint density at radius 2 is 2.25 bits per heavy atom. The zero-order chi connectivity index (χ0) is 12.3. The van der Waals surface area contributed by atoms with Crippen LogP contribution in [0.5, 0.6) is 0 Å². The highest BCUT2D eigenvalue weighted by Crippen LogP contribution is 2.23. The Bertz CT molecular complexity index is 506. The molecule has 0 heterocycles. The van der Waals surface area contributed by atoms with Crippen molar-refractivity contribution in [1.82, 2.24) is 0 Å². The van der Waals surface area contributed by atoms with Crippen LogP contribution in [0.3, 0.4) is 0 Å². The molecule has 0 spiro atoms. The van der Waals surface area contributed by atoms with Gasteiger partial charge in [0.25, 0.3) is 5.69 Å². The summed E-state index contributed by atoms with van der Waals surface area (Å²) in [5, 5.41) is 19.5. The van der Waals surface area contributed by atoms with Gasteiger partial charge in [0.2, 0.25) is 0 Å². The van der Waals surface area contributed by atoms with Crippen molar-refractivity contribution in [3.63, 3.8) is 0 Å². The van der Waals surface area contributed by atoms with Crippen LogP contribution < -0.4 is 0 Å². The first-order chi connectivity index (χ1) is 7.51. The minimum absolute atomic E-state index is 0.0973. The van der Waals surface area contributed by atoms with Gasteiger partial charge in [0.15, 0.2) is 5.78 Å². The number of halogens is 1. The van der Waals surface area contributed by atoms with E-state index in [1.165, 1.54) is 12.1 Å². The quantitative estimate of drug-likeness (QED) is 0.369. The van der Waals surface area contributed by atoms with E-state index < -0.39 is 4.92 Å². The van der Waals surface area contributed by atoms with Crippen molar-refractivity contribution in [1.29, 1.82) is 5.26 Å². The molecule has 0 bridgehead atoms. The van der Waals surface area contributed by atoms with Gasteiger partial charge in [-0.15, -0.1) is 0 Å². The Morgan fingerprint density at radius 3 is 2.69 bits per heavy atom. The van der Waals surface area contributed by atoms with Crippen LogP contribution in [-0.2, 0) is 0 Å². The van der Waals surface area contributed by atoms with Crippen LogP contribution in [0.2, 0.25) is 0 Å². The number of Topliss-reactive ketones (excluding diaryl/α,β-unsaturated/α-hetero) is 1. The van der Waals surface area contributed by atoms with Crippen molar-refractivity contribution < 1.29 is 9.72 Å². The molecular formula is C10H7BrN2O3. The Balaban J connectivity index is 3.44. The minimum Gasteiger partial charge on any atom is -0.293 e. The zero-order valence-electron chi connectivity index (χ0n) is 8.36. The van der Waals surface area contributed by atoms with Gasteiger partial charge in [-0.05, 0) is 18.6 Å². The van der Waals surface area contributed by atoms with E-state index in [2.05, 4.69) is 15.9 Å². The Labute approximate surface area is 100.0 Å². The summed E-state index contributed by atoms with van der Waals surface area (Å²) in [5.74, 6) is -0.205. The van der Waals surface area contributed by atoms with E-state index in [1.807, 2.05) is 0 Å². The van der Waals surface area contributed by atoms with E-state index in [9.17, 15) is 14.9 Å². The molecular weight excluding hydrogens is 276 g/mol. The van der Waals surface area contributed by atoms with Crippen LogP contribution in [0, 0.1) is 28.4 Å². The molecule has 16 heavy (non-hydrogen) atoms. The molecule has 1 aromatic carbocycles. The molecule has 0 atom stereocenters. The first kappa shape index (κ1) is 12.3. The maximum Gasteiger partial charge on any atom is 0.287 e. The first-order valence-corrected chi connectivity index (χ1v) is 5.41. The highest BCUT2D eigenvalue weighted by Gasteiger charge is 2.18. The smallest absolute Gasteiger partial charge is 0.287 e. The number of benzene rings is 1. The second-order valence-corrected chi connectivity index (χ2v) is 3.67. The number of alkyl halides is 1. The van der Waals surface area contributed by atoms with E-state index in [0.29, 0.717) is 11.1 Å². The third-order valence-corrected chi connectivity index (χ3v) is 2.59. The maximum absolute atomic E-state index is 11.5. The second kappa shape index (κ2) is 4.86. The second-order valence-electron chi connectivity index (χ2n) is 3.11. The minimum atomic E-state index is -0.631. The van der Waals surface area contributed by atoms with Crippen LogP contribution in [0.15, 0.2) is 12.1 Å². The maximum atomic E-state index is 11.5. The molecule has 0 aliphatic heterocycles. The Morgan fingerprint density at radius 1 is 1.62 bits per heavy atom. The lowest BCUT2D eigenvalue weighted by molar-refractivity contribution is -0.385. The summed E-state index contributed by atoms with van der Waals surface area (Å²) in [6.45, 7) is 1.60. The molecule has 5 nitrogen and oxygen atoms in total. The molecule has 0 radical (unpaired) electrons. The van der Waals surface area contributed by atoms with Gasteiger partial charge in [-0.25, -0.2) is 0 Å². The Hall–Kier alpha value is -1.74. The van der Waals surface area contributed by atoms with Crippen LogP contribution in [-0.4, -0.2) is 16.0 Å². The summed E-state index contributed by atoms with van der Waals surface area (Å²) < 4.78 is 0. The molecule has 0 aliphatic carbocycles. The predicted molar refractivity (Wildman–Crippen MR) is 60.7 cm³/mol. The van der Waals surface area contributed by atoms with Crippen molar-refractivity contribution in [3.05, 3.63) is 38.9 Å². The molecule has 1 rings (SSSR count). The van der Waals surface area contributed by atoms with Gasteiger partial charge in [0.05, 0.1) is 10.3 Å². The Kier molecular flexibility index (Phi) is 3.74. The summed E-state index contributed by atoms with van der Waals surface area (Å²) in [7, 11) is 0. The highest BCUT2D eigenvalue weighted by molar-refractivity contribution is 9.09. The lowest BCUT2D eigenvalue weighted by atomic mass is 10.0. The van der Waals surface area contributed by atoms with Gasteiger partial charge in [-0.1, -0.05) is 15.9 Å². The SMILES string of the molecule is Cc1cc([N+](=O)[O-])c(C#N)cc1C(=O)CBr. The average molecular weight is 283 g/mol. The summed E-state index contributed by atoms with van der Waals surface area (Å²) in [5.41, 5.74) is 0.459. The van der Waals surface area contributed by atoms with Crippen molar-refractivity contribution in [3.8, 4) is 6.07 Å². The van der Waals surface area contributed by atoms with Crippen molar-refractivity contribution in [2.45, 2.75) is 6.92 Å². The first-order valence-electron chi connectivity index (χ1n) is 4.29. The number of carbonyl (C=O) groups excluding carboxylic acids is 1. The number of carbonyl (C=O) groups is 1. The number of ketones is 1. The number of hydrogen-bond donors (Lipinski definition) is 0. The highest BCUT2D eigenvalue weighted by atomic mass is 79.9. The van der Waals surface area contributed by atoms with Gasteiger partial charge in [-0.2, -0.15) is 5.26 Å². The molecule has 6 heteroatoms. The third kappa shape index (κ3) is 2.25. The summed E-state index contributed by atoms with van der Waals surface area (Å²) in [6.07, 6.45) is 0. The van der Waals surface area contributed by atoms with Gasteiger partial charge in [-0.3, -0.25) is 14.9 Å². The van der Waals surface area contributed by atoms with Crippen LogP contribution in [0.25, 0.3) is 0 Å². The summed E-state index contributed by atoms with van der Waals surface area (Å²) in [4.78, 5) is 21.5. The molecule has 1 aromatic rings. The lowest BCUT2D eigenvalue weighted by Crippen LogP contribution is -2.05. The van der Waals surface area contributed by atoms with E-state index in [-0.39, 0.29) is 22.4 Å². The van der Waals surface area contributed by atoms with Crippen molar-refractivity contribution >= 4 is 27.4 Å². The monoisotopic (exact) mass is 282 g/mol. The van der Waals surface area contributed by atoms with Crippen LogP contribution in [0.1, 0.15) is 21.5 Å². The van der Waals surface area contributed by atoms with Crippen molar-refractivity contribution in [2.75, 3.05) is 5.33 Å². The molecule has 0 saturated carbocycles. The molecule has 0 saturated heterocycles. The molecule has 0 amide bonds. The van der Waals surface area contributed by atoms with Gasteiger partial charge < -0.3 is 0 Å². The van der Waals surface area contributed by atoms with Gasteiger partial charge in [0.1, 0.15) is 11.6 Å². The topological polar surface area (TPSA) is 84.0 Å². The summed E-state index contributed by atoms with van der Waals surface area (Å²) >= 11 is 3.01. The largest absolute Gasteiger partial charge is 0.293 e. The molecule has 0 aromatic heterocycles.